The SMILES string of the molecule is CC1CCCCC1CNCCc1nnc2ccccn12. The number of nitrogens with zero attached hydrogens (tertiary/aromatic N) is 3. The third kappa shape index (κ3) is 3.01. The molecule has 0 saturated heterocycles. The molecular weight excluding hydrogens is 248 g/mol. The minimum absolute atomic E-state index is 0.860. The second kappa shape index (κ2) is 6.35. The van der Waals surface area contributed by atoms with Gasteiger partial charge in [-0.15, -0.1) is 10.2 Å². The van der Waals surface area contributed by atoms with E-state index in [9.17, 15) is 0 Å². The zero-order valence-electron chi connectivity index (χ0n) is 12.3. The first-order chi connectivity index (χ1) is 9.84. The highest BCUT2D eigenvalue weighted by Gasteiger charge is 2.20. The van der Waals surface area contributed by atoms with Crippen LogP contribution in [0.4, 0.5) is 0 Å². The second-order valence-electron chi connectivity index (χ2n) is 6.02. The van der Waals surface area contributed by atoms with Crippen molar-refractivity contribution in [3.05, 3.63) is 30.2 Å². The van der Waals surface area contributed by atoms with E-state index >= 15 is 0 Å². The zero-order valence-corrected chi connectivity index (χ0v) is 12.3. The van der Waals surface area contributed by atoms with Gasteiger partial charge in [-0.1, -0.05) is 32.3 Å². The highest BCUT2D eigenvalue weighted by Crippen LogP contribution is 2.28. The molecule has 4 nitrogen and oxygen atoms in total. The molecule has 2 aromatic heterocycles. The predicted octanol–water partition coefficient (Wildman–Crippen LogP) is 2.69. The number of fused-ring (bicyclic) bond motifs is 1. The van der Waals surface area contributed by atoms with Gasteiger partial charge in [0.15, 0.2) is 5.65 Å². The van der Waals surface area contributed by atoms with Crippen LogP contribution in [-0.2, 0) is 6.42 Å². The summed E-state index contributed by atoms with van der Waals surface area (Å²) in [5, 5.41) is 12.1. The molecule has 0 aliphatic heterocycles. The van der Waals surface area contributed by atoms with E-state index in [1.54, 1.807) is 0 Å². The lowest BCUT2D eigenvalue weighted by Gasteiger charge is -2.28. The summed E-state index contributed by atoms with van der Waals surface area (Å²) in [6, 6.07) is 6.02. The maximum atomic E-state index is 4.27. The van der Waals surface area contributed by atoms with Gasteiger partial charge in [0.1, 0.15) is 5.82 Å². The van der Waals surface area contributed by atoms with Crippen LogP contribution in [0, 0.1) is 11.8 Å². The van der Waals surface area contributed by atoms with Gasteiger partial charge < -0.3 is 5.32 Å². The Morgan fingerprint density at radius 1 is 1.25 bits per heavy atom. The predicted molar refractivity (Wildman–Crippen MR) is 80.7 cm³/mol. The van der Waals surface area contributed by atoms with E-state index in [-0.39, 0.29) is 0 Å². The minimum atomic E-state index is 0.860. The van der Waals surface area contributed by atoms with E-state index in [0.717, 1.165) is 42.8 Å². The van der Waals surface area contributed by atoms with Crippen LogP contribution in [0.15, 0.2) is 24.4 Å². The normalized spacial score (nSPS) is 23.2. The summed E-state index contributed by atoms with van der Waals surface area (Å²) < 4.78 is 2.07. The molecule has 0 spiro atoms. The van der Waals surface area contributed by atoms with E-state index in [4.69, 9.17) is 0 Å². The first-order valence-corrected chi connectivity index (χ1v) is 7.84. The molecular formula is C16H24N4. The Bertz CT molecular complexity index is 548. The van der Waals surface area contributed by atoms with E-state index < -0.39 is 0 Å². The number of hydrogen-bond acceptors (Lipinski definition) is 3. The largest absolute Gasteiger partial charge is 0.316 e. The monoisotopic (exact) mass is 272 g/mol. The smallest absolute Gasteiger partial charge is 0.160 e. The first-order valence-electron chi connectivity index (χ1n) is 7.84. The van der Waals surface area contributed by atoms with E-state index in [1.165, 1.54) is 25.7 Å². The number of aromatic nitrogens is 3. The molecule has 1 saturated carbocycles. The Balaban J connectivity index is 1.48. The summed E-state index contributed by atoms with van der Waals surface area (Å²) in [5.41, 5.74) is 0.934. The van der Waals surface area contributed by atoms with Crippen molar-refractivity contribution < 1.29 is 0 Å². The standard InChI is InChI=1S/C16H24N4/c1-13-6-2-3-7-14(13)12-17-10-9-16-19-18-15-8-4-5-11-20(15)16/h4-5,8,11,13-14,17H,2-3,6-7,9-10,12H2,1H3. The van der Waals surface area contributed by atoms with Gasteiger partial charge in [0, 0.05) is 19.2 Å². The van der Waals surface area contributed by atoms with Crippen LogP contribution in [0.2, 0.25) is 0 Å². The fourth-order valence-corrected chi connectivity index (χ4v) is 3.25. The summed E-state index contributed by atoms with van der Waals surface area (Å²) in [6.07, 6.45) is 8.60. The fourth-order valence-electron chi connectivity index (χ4n) is 3.25. The van der Waals surface area contributed by atoms with Gasteiger partial charge in [-0.2, -0.15) is 0 Å². The van der Waals surface area contributed by atoms with Crippen LogP contribution in [0.3, 0.4) is 0 Å². The van der Waals surface area contributed by atoms with Crippen molar-refractivity contribution in [3.63, 3.8) is 0 Å². The maximum Gasteiger partial charge on any atom is 0.160 e. The zero-order chi connectivity index (χ0) is 13.8. The van der Waals surface area contributed by atoms with Gasteiger partial charge in [0.2, 0.25) is 0 Å². The summed E-state index contributed by atoms with van der Waals surface area (Å²) in [7, 11) is 0. The Morgan fingerprint density at radius 3 is 3.05 bits per heavy atom. The van der Waals surface area contributed by atoms with Gasteiger partial charge in [-0.3, -0.25) is 4.40 Å². The van der Waals surface area contributed by atoms with Gasteiger partial charge in [0.05, 0.1) is 0 Å². The number of hydrogen-bond donors (Lipinski definition) is 1. The third-order valence-corrected chi connectivity index (χ3v) is 4.61. The highest BCUT2D eigenvalue weighted by molar-refractivity contribution is 5.36. The molecule has 2 atom stereocenters. The Hall–Kier alpha value is -1.42. The molecule has 0 aromatic carbocycles. The van der Waals surface area contributed by atoms with Crippen LogP contribution < -0.4 is 5.32 Å². The van der Waals surface area contributed by atoms with Crippen molar-refractivity contribution in [2.75, 3.05) is 13.1 Å². The van der Waals surface area contributed by atoms with Gasteiger partial charge in [-0.05, 0) is 36.9 Å². The van der Waals surface area contributed by atoms with E-state index in [0.29, 0.717) is 0 Å². The van der Waals surface area contributed by atoms with Crippen molar-refractivity contribution in [1.82, 2.24) is 19.9 Å². The summed E-state index contributed by atoms with van der Waals surface area (Å²) in [4.78, 5) is 0. The Morgan fingerprint density at radius 2 is 2.15 bits per heavy atom. The molecule has 0 amide bonds. The molecule has 1 aliphatic rings. The molecule has 20 heavy (non-hydrogen) atoms. The van der Waals surface area contributed by atoms with Crippen molar-refractivity contribution in [2.45, 2.75) is 39.0 Å². The van der Waals surface area contributed by atoms with E-state index in [2.05, 4.69) is 26.8 Å². The average Bonchev–Trinajstić information content (AvgIpc) is 2.89. The van der Waals surface area contributed by atoms with Gasteiger partial charge in [-0.25, -0.2) is 0 Å². The molecule has 2 unspecified atom stereocenters. The summed E-state index contributed by atoms with van der Waals surface area (Å²) >= 11 is 0. The van der Waals surface area contributed by atoms with Crippen molar-refractivity contribution in [3.8, 4) is 0 Å². The second-order valence-corrected chi connectivity index (χ2v) is 6.02. The summed E-state index contributed by atoms with van der Waals surface area (Å²) in [5.74, 6) is 2.79. The molecule has 2 heterocycles. The molecule has 1 aliphatic carbocycles. The lowest BCUT2D eigenvalue weighted by molar-refractivity contribution is 0.248. The maximum absolute atomic E-state index is 4.27. The molecule has 2 aromatic rings. The quantitative estimate of drug-likeness (QED) is 0.851. The van der Waals surface area contributed by atoms with E-state index in [1.807, 2.05) is 24.4 Å². The van der Waals surface area contributed by atoms with Crippen LogP contribution in [0.5, 0.6) is 0 Å². The first kappa shape index (κ1) is 13.6. The van der Waals surface area contributed by atoms with Crippen molar-refractivity contribution >= 4 is 5.65 Å². The number of nitrogens with one attached hydrogen (secondary N) is 1. The van der Waals surface area contributed by atoms with Crippen LogP contribution in [-0.4, -0.2) is 27.7 Å². The lowest BCUT2D eigenvalue weighted by Crippen LogP contribution is -2.30. The number of pyridine rings is 1. The molecule has 0 radical (unpaired) electrons. The molecule has 108 valence electrons. The molecule has 0 bridgehead atoms. The van der Waals surface area contributed by atoms with Gasteiger partial charge in [0.25, 0.3) is 0 Å². The minimum Gasteiger partial charge on any atom is -0.316 e. The van der Waals surface area contributed by atoms with Crippen LogP contribution in [0.25, 0.3) is 5.65 Å². The molecule has 1 N–H and O–H groups in total. The molecule has 1 fully saturated rings. The molecule has 3 rings (SSSR count). The van der Waals surface area contributed by atoms with Crippen LogP contribution in [0.1, 0.15) is 38.4 Å². The third-order valence-electron chi connectivity index (χ3n) is 4.61. The van der Waals surface area contributed by atoms with Crippen molar-refractivity contribution in [2.24, 2.45) is 11.8 Å². The Labute approximate surface area is 120 Å². The summed E-state index contributed by atoms with van der Waals surface area (Å²) in [6.45, 7) is 4.54. The highest BCUT2D eigenvalue weighted by atomic mass is 15.2. The molecule has 4 heteroatoms. The Kier molecular flexibility index (Phi) is 4.31. The average molecular weight is 272 g/mol. The van der Waals surface area contributed by atoms with Crippen LogP contribution >= 0.6 is 0 Å². The fraction of sp³-hybridized carbons (Fsp3) is 0.625. The lowest BCUT2D eigenvalue weighted by atomic mass is 9.80. The van der Waals surface area contributed by atoms with Crippen molar-refractivity contribution in [1.29, 1.82) is 0 Å². The topological polar surface area (TPSA) is 42.2 Å². The number of rotatable bonds is 5. The van der Waals surface area contributed by atoms with Gasteiger partial charge >= 0.3 is 0 Å².